The summed E-state index contributed by atoms with van der Waals surface area (Å²) >= 11 is 0. The van der Waals surface area contributed by atoms with Crippen LogP contribution >= 0.6 is 0 Å². The quantitative estimate of drug-likeness (QED) is 0.393. The number of esters is 1. The molecule has 1 heterocycles. The summed E-state index contributed by atoms with van der Waals surface area (Å²) < 4.78 is 10.5. The van der Waals surface area contributed by atoms with Gasteiger partial charge in [-0.05, 0) is 23.8 Å². The van der Waals surface area contributed by atoms with Crippen molar-refractivity contribution in [3.63, 3.8) is 0 Å². The van der Waals surface area contributed by atoms with Crippen LogP contribution < -0.4 is 5.32 Å². The molecule has 6 heteroatoms. The molecule has 29 heavy (non-hydrogen) atoms. The summed E-state index contributed by atoms with van der Waals surface area (Å²) in [6.07, 6.45) is 1.37. The predicted molar refractivity (Wildman–Crippen MR) is 107 cm³/mol. The van der Waals surface area contributed by atoms with Gasteiger partial charge < -0.3 is 14.5 Å². The lowest BCUT2D eigenvalue weighted by Gasteiger charge is -2.05. The molecule has 0 aliphatic carbocycles. The van der Waals surface area contributed by atoms with Crippen LogP contribution in [-0.4, -0.2) is 19.0 Å². The summed E-state index contributed by atoms with van der Waals surface area (Å²) in [5.41, 5.74) is 1.77. The first kappa shape index (κ1) is 19.6. The van der Waals surface area contributed by atoms with E-state index in [0.717, 1.165) is 5.56 Å². The molecule has 2 aromatic carbocycles. The van der Waals surface area contributed by atoms with E-state index in [0.29, 0.717) is 29.2 Å². The highest BCUT2D eigenvalue weighted by Crippen LogP contribution is 2.27. The highest BCUT2D eigenvalue weighted by molar-refractivity contribution is 6.01. The maximum Gasteiger partial charge on any atom is 0.338 e. The van der Waals surface area contributed by atoms with Crippen molar-refractivity contribution in [2.75, 3.05) is 7.11 Å². The van der Waals surface area contributed by atoms with E-state index in [1.54, 1.807) is 36.4 Å². The number of carbonyl (C=O) groups excluding carboxylic acids is 2. The highest BCUT2D eigenvalue weighted by atomic mass is 16.5. The van der Waals surface area contributed by atoms with E-state index in [1.165, 1.54) is 13.2 Å². The molecule has 6 nitrogen and oxygen atoms in total. The fourth-order valence-electron chi connectivity index (χ4n) is 2.73. The molecular weight excluding hydrogens is 368 g/mol. The zero-order valence-electron chi connectivity index (χ0n) is 15.7. The number of ether oxygens (including phenoxy) is 1. The van der Waals surface area contributed by atoms with Gasteiger partial charge >= 0.3 is 5.97 Å². The topological polar surface area (TPSA) is 92.3 Å². The van der Waals surface area contributed by atoms with Gasteiger partial charge in [0.1, 0.15) is 23.2 Å². The van der Waals surface area contributed by atoms with E-state index in [2.05, 4.69) is 5.32 Å². The fraction of sp³-hybridized carbons (Fsp3) is 0.0870. The van der Waals surface area contributed by atoms with Crippen molar-refractivity contribution < 1.29 is 18.7 Å². The zero-order valence-corrected chi connectivity index (χ0v) is 15.7. The van der Waals surface area contributed by atoms with Gasteiger partial charge in [-0.2, -0.15) is 5.26 Å². The third-order valence-corrected chi connectivity index (χ3v) is 4.17. The Balaban J connectivity index is 1.79. The third-order valence-electron chi connectivity index (χ3n) is 4.17. The average molecular weight is 386 g/mol. The van der Waals surface area contributed by atoms with E-state index in [9.17, 15) is 14.9 Å². The van der Waals surface area contributed by atoms with Gasteiger partial charge in [0.25, 0.3) is 5.91 Å². The Morgan fingerprint density at radius 3 is 2.52 bits per heavy atom. The number of rotatable bonds is 6. The van der Waals surface area contributed by atoms with Crippen LogP contribution in [0.1, 0.15) is 21.7 Å². The third kappa shape index (κ3) is 4.79. The first-order valence-corrected chi connectivity index (χ1v) is 8.84. The van der Waals surface area contributed by atoms with Crippen molar-refractivity contribution >= 4 is 18.0 Å². The SMILES string of the molecule is COC(=O)c1ccccc1-c1ccc(C=C(C#N)C(=O)NCc2ccccc2)o1. The van der Waals surface area contributed by atoms with Crippen molar-refractivity contribution in [2.45, 2.75) is 6.54 Å². The number of carbonyl (C=O) groups is 2. The summed E-state index contributed by atoms with van der Waals surface area (Å²) in [5, 5.41) is 12.1. The molecule has 1 N–H and O–H groups in total. The molecule has 3 rings (SSSR count). The lowest BCUT2D eigenvalue weighted by Crippen LogP contribution is -2.23. The number of hydrogen-bond acceptors (Lipinski definition) is 5. The van der Waals surface area contributed by atoms with E-state index in [1.807, 2.05) is 36.4 Å². The van der Waals surface area contributed by atoms with Gasteiger partial charge in [0.2, 0.25) is 0 Å². The van der Waals surface area contributed by atoms with Crippen molar-refractivity contribution in [1.29, 1.82) is 5.26 Å². The molecule has 0 fully saturated rings. The monoisotopic (exact) mass is 386 g/mol. The van der Waals surface area contributed by atoms with Gasteiger partial charge in [0, 0.05) is 18.2 Å². The fourth-order valence-corrected chi connectivity index (χ4v) is 2.73. The Morgan fingerprint density at radius 2 is 1.79 bits per heavy atom. The van der Waals surface area contributed by atoms with Crippen molar-refractivity contribution in [3.8, 4) is 17.4 Å². The molecular formula is C23H18N2O4. The number of benzene rings is 2. The minimum atomic E-state index is -0.496. The minimum Gasteiger partial charge on any atom is -0.465 e. The van der Waals surface area contributed by atoms with Gasteiger partial charge in [0.15, 0.2) is 0 Å². The van der Waals surface area contributed by atoms with Crippen LogP contribution in [0.3, 0.4) is 0 Å². The number of amides is 1. The number of nitrogens with one attached hydrogen (secondary N) is 1. The van der Waals surface area contributed by atoms with Gasteiger partial charge in [-0.3, -0.25) is 4.79 Å². The summed E-state index contributed by atoms with van der Waals surface area (Å²) in [7, 11) is 1.31. The number of nitrogens with zero attached hydrogens (tertiary/aromatic N) is 1. The van der Waals surface area contributed by atoms with Gasteiger partial charge in [-0.15, -0.1) is 0 Å². The van der Waals surface area contributed by atoms with Crippen LogP contribution in [0.25, 0.3) is 17.4 Å². The molecule has 0 saturated carbocycles. The molecule has 0 aliphatic rings. The number of hydrogen-bond donors (Lipinski definition) is 1. The van der Waals surface area contributed by atoms with Gasteiger partial charge in [-0.25, -0.2) is 4.79 Å². The Hall–Kier alpha value is -4.11. The maximum absolute atomic E-state index is 12.3. The molecule has 0 bridgehead atoms. The van der Waals surface area contributed by atoms with E-state index >= 15 is 0 Å². The molecule has 0 saturated heterocycles. The zero-order chi connectivity index (χ0) is 20.6. The molecule has 0 unspecified atom stereocenters. The second-order valence-electron chi connectivity index (χ2n) is 6.08. The summed E-state index contributed by atoms with van der Waals surface area (Å²) in [4.78, 5) is 24.3. The first-order chi connectivity index (χ1) is 14.1. The lowest BCUT2D eigenvalue weighted by atomic mass is 10.1. The van der Waals surface area contributed by atoms with Crippen LogP contribution in [0.4, 0.5) is 0 Å². The van der Waals surface area contributed by atoms with Crippen molar-refractivity contribution in [1.82, 2.24) is 5.32 Å². The maximum atomic E-state index is 12.3. The molecule has 1 amide bonds. The van der Waals surface area contributed by atoms with Crippen LogP contribution in [0.15, 0.2) is 76.7 Å². The summed E-state index contributed by atoms with van der Waals surface area (Å²) in [6, 6.07) is 21.5. The Kier molecular flexibility index (Phi) is 6.23. The van der Waals surface area contributed by atoms with Crippen LogP contribution in [0, 0.1) is 11.3 Å². The summed E-state index contributed by atoms with van der Waals surface area (Å²) in [6.45, 7) is 0.314. The molecule has 144 valence electrons. The van der Waals surface area contributed by atoms with E-state index in [-0.39, 0.29) is 5.57 Å². The van der Waals surface area contributed by atoms with Crippen molar-refractivity contribution in [3.05, 3.63) is 89.2 Å². The smallest absolute Gasteiger partial charge is 0.338 e. The Bertz CT molecular complexity index is 1090. The lowest BCUT2D eigenvalue weighted by molar-refractivity contribution is -0.117. The van der Waals surface area contributed by atoms with E-state index in [4.69, 9.17) is 9.15 Å². The minimum absolute atomic E-state index is 0.0805. The second-order valence-corrected chi connectivity index (χ2v) is 6.08. The Morgan fingerprint density at radius 1 is 1.07 bits per heavy atom. The molecule has 0 aliphatic heterocycles. The normalized spacial score (nSPS) is 10.8. The largest absolute Gasteiger partial charge is 0.465 e. The highest BCUT2D eigenvalue weighted by Gasteiger charge is 2.16. The molecule has 0 atom stereocenters. The predicted octanol–water partition coefficient (Wildman–Crippen LogP) is 3.96. The molecule has 0 radical (unpaired) electrons. The van der Waals surface area contributed by atoms with Crippen molar-refractivity contribution in [2.24, 2.45) is 0 Å². The summed E-state index contributed by atoms with van der Waals surface area (Å²) in [5.74, 6) is -0.221. The standard InChI is InChI=1S/C23H18N2O4/c1-28-23(27)20-10-6-5-9-19(20)21-12-11-18(29-21)13-17(14-24)22(26)25-15-16-7-3-2-4-8-16/h2-13H,15H2,1H3,(H,25,26). The average Bonchev–Trinajstić information content (AvgIpc) is 3.24. The van der Waals surface area contributed by atoms with Gasteiger partial charge in [0.05, 0.1) is 12.7 Å². The van der Waals surface area contributed by atoms with Crippen LogP contribution in [0.5, 0.6) is 0 Å². The first-order valence-electron chi connectivity index (χ1n) is 8.84. The molecule has 1 aromatic heterocycles. The van der Waals surface area contributed by atoms with Crippen LogP contribution in [0.2, 0.25) is 0 Å². The number of methoxy groups -OCH3 is 1. The molecule has 0 spiro atoms. The Labute approximate surface area is 168 Å². The van der Waals surface area contributed by atoms with Crippen LogP contribution in [-0.2, 0) is 16.1 Å². The number of furan rings is 1. The number of nitriles is 1. The van der Waals surface area contributed by atoms with Gasteiger partial charge in [-0.1, -0.05) is 48.5 Å². The molecule has 3 aromatic rings. The second kappa shape index (κ2) is 9.20. The van der Waals surface area contributed by atoms with E-state index < -0.39 is 11.9 Å².